The molecular weight excluding hydrogens is 244 g/mol. The third-order valence-electron chi connectivity index (χ3n) is 6.01. The number of hydrogen-bond donors (Lipinski definition) is 1. The van der Waals surface area contributed by atoms with Gasteiger partial charge in [-0.15, -0.1) is 0 Å². The summed E-state index contributed by atoms with van der Waals surface area (Å²) < 4.78 is 0. The molecule has 3 aliphatic rings. The second kappa shape index (κ2) is 6.79. The molecule has 2 unspecified atom stereocenters. The summed E-state index contributed by atoms with van der Waals surface area (Å²) in [5.74, 6) is 2.80. The van der Waals surface area contributed by atoms with Crippen molar-refractivity contribution >= 4 is 0 Å². The SMILES string of the molecule is CC(C)C1CCCCC1N(CC1CCNCC1)C1CC1. The van der Waals surface area contributed by atoms with Gasteiger partial charge in [0.25, 0.3) is 0 Å². The summed E-state index contributed by atoms with van der Waals surface area (Å²) in [5, 5.41) is 3.52. The van der Waals surface area contributed by atoms with Gasteiger partial charge in [-0.2, -0.15) is 0 Å². The fourth-order valence-corrected chi connectivity index (χ4v) is 4.65. The highest BCUT2D eigenvalue weighted by molar-refractivity contribution is 4.94. The van der Waals surface area contributed by atoms with Crippen LogP contribution in [0.1, 0.15) is 65.2 Å². The summed E-state index contributed by atoms with van der Waals surface area (Å²) in [4.78, 5) is 2.99. The minimum Gasteiger partial charge on any atom is -0.317 e. The fourth-order valence-electron chi connectivity index (χ4n) is 4.65. The van der Waals surface area contributed by atoms with Crippen LogP contribution in [0.15, 0.2) is 0 Å². The molecule has 1 heterocycles. The molecule has 3 fully saturated rings. The zero-order valence-corrected chi connectivity index (χ0v) is 13.6. The molecular formula is C18H34N2. The molecule has 0 bridgehead atoms. The van der Waals surface area contributed by atoms with Crippen molar-refractivity contribution in [1.29, 1.82) is 0 Å². The molecule has 116 valence electrons. The Morgan fingerprint density at radius 3 is 2.30 bits per heavy atom. The molecule has 1 saturated heterocycles. The average molecular weight is 278 g/mol. The second-order valence-electron chi connectivity index (χ2n) is 7.88. The largest absolute Gasteiger partial charge is 0.317 e. The van der Waals surface area contributed by atoms with Gasteiger partial charge in [0.05, 0.1) is 0 Å². The predicted molar refractivity (Wildman–Crippen MR) is 85.9 cm³/mol. The Balaban J connectivity index is 1.65. The maximum Gasteiger partial charge on any atom is 0.0129 e. The molecule has 0 aromatic carbocycles. The molecule has 0 aromatic rings. The Morgan fingerprint density at radius 2 is 1.65 bits per heavy atom. The van der Waals surface area contributed by atoms with Crippen molar-refractivity contribution in [3.63, 3.8) is 0 Å². The zero-order chi connectivity index (χ0) is 13.9. The minimum absolute atomic E-state index is 0.870. The van der Waals surface area contributed by atoms with Crippen LogP contribution in [-0.2, 0) is 0 Å². The normalized spacial score (nSPS) is 33.0. The molecule has 0 radical (unpaired) electrons. The third-order valence-corrected chi connectivity index (χ3v) is 6.01. The van der Waals surface area contributed by atoms with E-state index in [2.05, 4.69) is 24.1 Å². The van der Waals surface area contributed by atoms with Crippen LogP contribution in [0.2, 0.25) is 0 Å². The molecule has 2 nitrogen and oxygen atoms in total. The van der Waals surface area contributed by atoms with E-state index in [9.17, 15) is 0 Å². The van der Waals surface area contributed by atoms with E-state index < -0.39 is 0 Å². The summed E-state index contributed by atoms with van der Waals surface area (Å²) in [6.45, 7) is 8.82. The monoisotopic (exact) mass is 278 g/mol. The molecule has 2 heteroatoms. The molecule has 0 amide bonds. The molecule has 2 aliphatic carbocycles. The Labute approximate surface area is 125 Å². The summed E-state index contributed by atoms with van der Waals surface area (Å²) >= 11 is 0. The first-order valence-electron chi connectivity index (χ1n) is 9.22. The Morgan fingerprint density at radius 1 is 0.950 bits per heavy atom. The van der Waals surface area contributed by atoms with Crippen molar-refractivity contribution in [3.05, 3.63) is 0 Å². The van der Waals surface area contributed by atoms with Crippen LogP contribution in [0, 0.1) is 17.8 Å². The van der Waals surface area contributed by atoms with Gasteiger partial charge in [-0.25, -0.2) is 0 Å². The quantitative estimate of drug-likeness (QED) is 0.825. The van der Waals surface area contributed by atoms with E-state index in [-0.39, 0.29) is 0 Å². The predicted octanol–water partition coefficient (Wildman–Crippen LogP) is 3.67. The highest BCUT2D eigenvalue weighted by Crippen LogP contribution is 2.40. The lowest BCUT2D eigenvalue weighted by molar-refractivity contribution is 0.0541. The topological polar surface area (TPSA) is 15.3 Å². The lowest BCUT2D eigenvalue weighted by atomic mass is 9.76. The molecule has 2 saturated carbocycles. The highest BCUT2D eigenvalue weighted by Gasteiger charge is 2.40. The van der Waals surface area contributed by atoms with Crippen molar-refractivity contribution in [2.24, 2.45) is 17.8 Å². The van der Waals surface area contributed by atoms with Gasteiger partial charge in [-0.1, -0.05) is 26.7 Å². The van der Waals surface area contributed by atoms with E-state index >= 15 is 0 Å². The summed E-state index contributed by atoms with van der Waals surface area (Å²) in [5.41, 5.74) is 0. The number of hydrogen-bond acceptors (Lipinski definition) is 2. The van der Waals surface area contributed by atoms with Crippen LogP contribution in [0.4, 0.5) is 0 Å². The summed E-state index contributed by atoms with van der Waals surface area (Å²) in [7, 11) is 0. The number of piperidine rings is 1. The van der Waals surface area contributed by atoms with Gasteiger partial charge in [0, 0.05) is 18.6 Å². The van der Waals surface area contributed by atoms with Crippen LogP contribution in [-0.4, -0.2) is 36.6 Å². The van der Waals surface area contributed by atoms with Crippen molar-refractivity contribution in [2.45, 2.75) is 77.3 Å². The fraction of sp³-hybridized carbons (Fsp3) is 1.00. The minimum atomic E-state index is 0.870. The van der Waals surface area contributed by atoms with Crippen molar-refractivity contribution in [1.82, 2.24) is 10.2 Å². The molecule has 20 heavy (non-hydrogen) atoms. The lowest BCUT2D eigenvalue weighted by Gasteiger charge is -2.44. The van der Waals surface area contributed by atoms with Gasteiger partial charge >= 0.3 is 0 Å². The van der Waals surface area contributed by atoms with Crippen LogP contribution in [0.5, 0.6) is 0 Å². The van der Waals surface area contributed by atoms with Crippen LogP contribution in [0.3, 0.4) is 0 Å². The molecule has 1 N–H and O–H groups in total. The van der Waals surface area contributed by atoms with E-state index in [1.54, 1.807) is 0 Å². The van der Waals surface area contributed by atoms with E-state index in [0.717, 1.165) is 29.8 Å². The van der Waals surface area contributed by atoms with E-state index in [1.165, 1.54) is 71.0 Å². The molecule has 0 spiro atoms. The van der Waals surface area contributed by atoms with E-state index in [1.807, 2.05) is 0 Å². The maximum atomic E-state index is 3.52. The van der Waals surface area contributed by atoms with Crippen molar-refractivity contribution < 1.29 is 0 Å². The second-order valence-corrected chi connectivity index (χ2v) is 7.88. The standard InChI is InChI=1S/C18H34N2/c1-14(2)17-5-3-4-6-18(17)20(16-7-8-16)13-15-9-11-19-12-10-15/h14-19H,3-13H2,1-2H3. The van der Waals surface area contributed by atoms with E-state index in [4.69, 9.17) is 0 Å². The molecule has 3 rings (SSSR count). The van der Waals surface area contributed by atoms with E-state index in [0.29, 0.717) is 0 Å². The zero-order valence-electron chi connectivity index (χ0n) is 13.6. The summed E-state index contributed by atoms with van der Waals surface area (Å²) in [6, 6.07) is 1.86. The molecule has 0 aromatic heterocycles. The van der Waals surface area contributed by atoms with Gasteiger partial charge in [0.15, 0.2) is 0 Å². The third kappa shape index (κ3) is 3.57. The Hall–Kier alpha value is -0.0800. The number of rotatable bonds is 5. The lowest BCUT2D eigenvalue weighted by Crippen LogP contribution is -2.48. The maximum absolute atomic E-state index is 3.52. The van der Waals surface area contributed by atoms with Crippen LogP contribution < -0.4 is 5.32 Å². The first kappa shape index (κ1) is 14.8. The van der Waals surface area contributed by atoms with Crippen LogP contribution in [0.25, 0.3) is 0 Å². The Bertz CT molecular complexity index is 292. The van der Waals surface area contributed by atoms with Gasteiger partial charge in [0.2, 0.25) is 0 Å². The first-order chi connectivity index (χ1) is 9.75. The first-order valence-corrected chi connectivity index (χ1v) is 9.22. The Kier molecular flexibility index (Phi) is 5.04. The highest BCUT2D eigenvalue weighted by atomic mass is 15.2. The van der Waals surface area contributed by atoms with Gasteiger partial charge in [-0.05, 0) is 69.4 Å². The van der Waals surface area contributed by atoms with Crippen molar-refractivity contribution in [3.8, 4) is 0 Å². The molecule has 2 atom stereocenters. The average Bonchev–Trinajstić information content (AvgIpc) is 3.30. The van der Waals surface area contributed by atoms with Gasteiger partial charge < -0.3 is 5.32 Å². The van der Waals surface area contributed by atoms with Gasteiger partial charge in [-0.3, -0.25) is 4.90 Å². The number of nitrogens with zero attached hydrogens (tertiary/aromatic N) is 1. The van der Waals surface area contributed by atoms with Crippen LogP contribution >= 0.6 is 0 Å². The number of nitrogens with one attached hydrogen (secondary N) is 1. The molecule has 1 aliphatic heterocycles. The van der Waals surface area contributed by atoms with Crippen molar-refractivity contribution in [2.75, 3.05) is 19.6 Å². The van der Waals surface area contributed by atoms with Gasteiger partial charge in [0.1, 0.15) is 0 Å². The summed E-state index contributed by atoms with van der Waals surface area (Å²) in [6.07, 6.45) is 11.7. The smallest absolute Gasteiger partial charge is 0.0129 e.